The van der Waals surface area contributed by atoms with Crippen molar-refractivity contribution in [2.75, 3.05) is 13.2 Å². The lowest BCUT2D eigenvalue weighted by Gasteiger charge is -2.31. The number of esters is 5. The lowest BCUT2D eigenvalue weighted by atomic mass is 10.0. The Morgan fingerprint density at radius 2 is 1.19 bits per heavy atom. The maximum Gasteiger partial charge on any atom is 0.309 e. The normalized spacial score (nSPS) is 13.6. The second kappa shape index (κ2) is 11.8. The molecule has 10 heteroatoms. The summed E-state index contributed by atoms with van der Waals surface area (Å²) in [5.41, 5.74) is 0. The topological polar surface area (TPSA) is 132 Å². The smallest absolute Gasteiger partial charge is 0.309 e. The first-order valence-corrected chi connectivity index (χ1v) is 7.87. The van der Waals surface area contributed by atoms with Crippen LogP contribution in [0.3, 0.4) is 0 Å². The molecule has 0 aliphatic carbocycles. The van der Waals surface area contributed by atoms with Crippen molar-refractivity contribution in [1.29, 1.82) is 0 Å². The fraction of sp³-hybridized carbons (Fsp3) is 0.688. The first kappa shape index (κ1) is 23.4. The van der Waals surface area contributed by atoms with Gasteiger partial charge in [-0.15, -0.1) is 0 Å². The summed E-state index contributed by atoms with van der Waals surface area (Å²) in [6, 6.07) is 0. The summed E-state index contributed by atoms with van der Waals surface area (Å²) in [6.07, 6.45) is -4.44. The highest BCUT2D eigenvalue weighted by molar-refractivity contribution is 5.72. The third kappa shape index (κ3) is 10.3. The molecule has 0 saturated carbocycles. The van der Waals surface area contributed by atoms with Crippen molar-refractivity contribution in [1.82, 2.24) is 0 Å². The molecule has 0 bridgehead atoms. The van der Waals surface area contributed by atoms with Crippen molar-refractivity contribution >= 4 is 29.8 Å². The average Bonchev–Trinajstić information content (AvgIpc) is 2.47. The van der Waals surface area contributed by atoms with Gasteiger partial charge in [-0.25, -0.2) is 0 Å². The second-order valence-electron chi connectivity index (χ2n) is 5.18. The second-order valence-corrected chi connectivity index (χ2v) is 5.18. The quantitative estimate of drug-likeness (QED) is 0.387. The number of rotatable bonds is 10. The van der Waals surface area contributed by atoms with Crippen LogP contribution < -0.4 is 0 Å². The molecule has 0 N–H and O–H groups in total. The van der Waals surface area contributed by atoms with Gasteiger partial charge < -0.3 is 23.7 Å². The van der Waals surface area contributed by atoms with E-state index in [-0.39, 0.29) is 6.61 Å². The SMILES string of the molecule is CCOC(=O)CC(OC(C)=O)C(OC(C)=O)C(COC(C)=O)OC(C)=O. The van der Waals surface area contributed by atoms with E-state index in [0.717, 1.165) is 27.7 Å². The Morgan fingerprint density at radius 3 is 1.62 bits per heavy atom. The molecule has 3 atom stereocenters. The Labute approximate surface area is 151 Å². The van der Waals surface area contributed by atoms with Gasteiger partial charge in [-0.2, -0.15) is 0 Å². The first-order valence-electron chi connectivity index (χ1n) is 7.87. The van der Waals surface area contributed by atoms with Gasteiger partial charge in [-0.05, 0) is 6.92 Å². The van der Waals surface area contributed by atoms with Gasteiger partial charge in [0, 0.05) is 27.7 Å². The molecular formula is C16H24O10. The third-order valence-corrected chi connectivity index (χ3v) is 2.79. The number of hydrogen-bond donors (Lipinski definition) is 0. The zero-order valence-electron chi connectivity index (χ0n) is 15.4. The Hall–Kier alpha value is -2.65. The van der Waals surface area contributed by atoms with Crippen LogP contribution in [0.25, 0.3) is 0 Å². The predicted molar refractivity (Wildman–Crippen MR) is 84.5 cm³/mol. The summed E-state index contributed by atoms with van der Waals surface area (Å²) in [4.78, 5) is 57.0. The number of hydrogen-bond acceptors (Lipinski definition) is 10. The van der Waals surface area contributed by atoms with Gasteiger partial charge in [-0.3, -0.25) is 24.0 Å². The van der Waals surface area contributed by atoms with Crippen LogP contribution in [0.5, 0.6) is 0 Å². The average molecular weight is 376 g/mol. The standard InChI is InChI=1S/C16H24O10/c1-6-22-15(21)7-13(24-10(3)18)16(26-12(5)20)14(25-11(4)19)8-23-9(2)17/h13-14,16H,6-8H2,1-5H3. The maximum absolute atomic E-state index is 11.8. The van der Waals surface area contributed by atoms with Crippen LogP contribution in [0.4, 0.5) is 0 Å². The molecule has 0 aromatic carbocycles. The van der Waals surface area contributed by atoms with Gasteiger partial charge in [-0.1, -0.05) is 0 Å². The van der Waals surface area contributed by atoms with Crippen molar-refractivity contribution in [3.8, 4) is 0 Å². The van der Waals surface area contributed by atoms with Crippen molar-refractivity contribution in [2.24, 2.45) is 0 Å². The van der Waals surface area contributed by atoms with Gasteiger partial charge in [0.1, 0.15) is 6.61 Å². The zero-order chi connectivity index (χ0) is 20.3. The van der Waals surface area contributed by atoms with E-state index in [1.807, 2.05) is 0 Å². The molecule has 0 aliphatic rings. The van der Waals surface area contributed by atoms with Crippen molar-refractivity contribution in [2.45, 2.75) is 59.4 Å². The molecule has 0 amide bonds. The van der Waals surface area contributed by atoms with E-state index in [2.05, 4.69) is 0 Å². The predicted octanol–water partition coefficient (Wildman–Crippen LogP) is 0.298. The fourth-order valence-electron chi connectivity index (χ4n) is 2.01. The Kier molecular flexibility index (Phi) is 10.6. The van der Waals surface area contributed by atoms with Gasteiger partial charge >= 0.3 is 29.8 Å². The van der Waals surface area contributed by atoms with Crippen LogP contribution in [0.2, 0.25) is 0 Å². The minimum absolute atomic E-state index is 0.0880. The number of ether oxygens (including phenoxy) is 5. The van der Waals surface area contributed by atoms with Crippen LogP contribution in [0.15, 0.2) is 0 Å². The van der Waals surface area contributed by atoms with Crippen molar-refractivity contribution < 1.29 is 47.7 Å². The van der Waals surface area contributed by atoms with E-state index in [4.69, 9.17) is 23.7 Å². The van der Waals surface area contributed by atoms with Gasteiger partial charge in [0.25, 0.3) is 0 Å². The Morgan fingerprint density at radius 1 is 0.692 bits per heavy atom. The molecule has 0 heterocycles. The van der Waals surface area contributed by atoms with Gasteiger partial charge in [0.05, 0.1) is 13.0 Å². The lowest BCUT2D eigenvalue weighted by molar-refractivity contribution is -0.191. The molecule has 0 fully saturated rings. The molecule has 3 unspecified atom stereocenters. The molecular weight excluding hydrogens is 352 g/mol. The van der Waals surface area contributed by atoms with E-state index in [1.54, 1.807) is 6.92 Å². The summed E-state index contributed by atoms with van der Waals surface area (Å²) in [5, 5.41) is 0. The molecule has 10 nitrogen and oxygen atoms in total. The minimum Gasteiger partial charge on any atom is -0.466 e. The number of carbonyl (C=O) groups excluding carboxylic acids is 5. The maximum atomic E-state index is 11.8. The van der Waals surface area contributed by atoms with Crippen molar-refractivity contribution in [3.05, 3.63) is 0 Å². The molecule has 0 aromatic rings. The number of carbonyl (C=O) groups is 5. The lowest BCUT2D eigenvalue weighted by Crippen LogP contribution is -2.48. The van der Waals surface area contributed by atoms with Gasteiger partial charge in [0.15, 0.2) is 18.3 Å². The van der Waals surface area contributed by atoms with Crippen LogP contribution in [-0.4, -0.2) is 61.4 Å². The van der Waals surface area contributed by atoms with Crippen LogP contribution >= 0.6 is 0 Å². The van der Waals surface area contributed by atoms with E-state index < -0.39 is 61.2 Å². The van der Waals surface area contributed by atoms with E-state index >= 15 is 0 Å². The van der Waals surface area contributed by atoms with Crippen LogP contribution in [-0.2, 0) is 47.7 Å². The van der Waals surface area contributed by atoms with Crippen LogP contribution in [0, 0.1) is 0 Å². The fourth-order valence-corrected chi connectivity index (χ4v) is 2.01. The molecule has 0 rings (SSSR count). The highest BCUT2D eigenvalue weighted by Gasteiger charge is 2.39. The van der Waals surface area contributed by atoms with E-state index in [1.165, 1.54) is 0 Å². The minimum atomic E-state index is -1.39. The molecule has 0 aromatic heterocycles. The van der Waals surface area contributed by atoms with Gasteiger partial charge in [0.2, 0.25) is 0 Å². The van der Waals surface area contributed by atoms with Crippen LogP contribution in [0.1, 0.15) is 41.0 Å². The Bertz CT molecular complexity index is 527. The van der Waals surface area contributed by atoms with Crippen molar-refractivity contribution in [3.63, 3.8) is 0 Å². The highest BCUT2D eigenvalue weighted by Crippen LogP contribution is 2.18. The highest BCUT2D eigenvalue weighted by atomic mass is 16.6. The molecule has 0 aliphatic heterocycles. The third-order valence-electron chi connectivity index (χ3n) is 2.79. The summed E-state index contributed by atoms with van der Waals surface area (Å²) >= 11 is 0. The molecule has 0 radical (unpaired) electrons. The molecule has 26 heavy (non-hydrogen) atoms. The molecule has 0 saturated heterocycles. The largest absolute Gasteiger partial charge is 0.466 e. The van der Waals surface area contributed by atoms with E-state index in [0.29, 0.717) is 0 Å². The monoisotopic (exact) mass is 376 g/mol. The summed E-state index contributed by atoms with van der Waals surface area (Å²) in [6.45, 7) is 5.61. The summed E-state index contributed by atoms with van der Waals surface area (Å²) in [7, 11) is 0. The molecule has 148 valence electrons. The first-order chi connectivity index (χ1) is 12.1. The Balaban J connectivity index is 5.65. The summed E-state index contributed by atoms with van der Waals surface area (Å²) in [5.74, 6) is -3.68. The zero-order valence-corrected chi connectivity index (χ0v) is 15.4. The van der Waals surface area contributed by atoms with E-state index in [9.17, 15) is 24.0 Å². The summed E-state index contributed by atoms with van der Waals surface area (Å²) < 4.78 is 24.8. The molecule has 0 spiro atoms.